The van der Waals surface area contributed by atoms with Crippen LogP contribution in [0.2, 0.25) is 0 Å². The molecule has 0 saturated carbocycles. The van der Waals surface area contributed by atoms with Crippen LogP contribution in [0, 0.1) is 6.92 Å². The Morgan fingerprint density at radius 2 is 2.05 bits per heavy atom. The number of ether oxygens (including phenoxy) is 1. The molecule has 0 atom stereocenters. The molecule has 0 aliphatic heterocycles. The molecular weight excluding hydrogens is 282 g/mol. The number of nitrogens with one attached hydrogen (secondary N) is 1. The fourth-order valence-corrected chi connectivity index (χ4v) is 1.91. The molecule has 2 aromatic rings. The lowest BCUT2D eigenvalue weighted by molar-refractivity contribution is -0.121. The summed E-state index contributed by atoms with van der Waals surface area (Å²) >= 11 is 0. The number of aromatic nitrogens is 2. The van der Waals surface area contributed by atoms with Crippen molar-refractivity contribution in [3.63, 3.8) is 0 Å². The van der Waals surface area contributed by atoms with E-state index < -0.39 is 0 Å². The summed E-state index contributed by atoms with van der Waals surface area (Å²) in [6.45, 7) is 6.21. The van der Waals surface area contributed by atoms with Crippen molar-refractivity contribution in [1.29, 1.82) is 0 Å². The Labute approximate surface area is 129 Å². The molecule has 1 heterocycles. The van der Waals surface area contributed by atoms with Crippen LogP contribution < -0.4 is 10.1 Å². The van der Waals surface area contributed by atoms with Gasteiger partial charge in [0.25, 0.3) is 0 Å². The zero-order valence-corrected chi connectivity index (χ0v) is 13.1. The van der Waals surface area contributed by atoms with Gasteiger partial charge in [0.1, 0.15) is 5.75 Å². The van der Waals surface area contributed by atoms with Gasteiger partial charge in [0.2, 0.25) is 11.8 Å². The Morgan fingerprint density at radius 1 is 1.32 bits per heavy atom. The van der Waals surface area contributed by atoms with E-state index in [1.165, 1.54) is 0 Å². The maximum Gasteiger partial charge on any atom is 0.227 e. The predicted octanol–water partition coefficient (Wildman–Crippen LogP) is 2.41. The molecule has 1 N–H and O–H groups in total. The Kier molecular flexibility index (Phi) is 5.52. The van der Waals surface area contributed by atoms with E-state index in [2.05, 4.69) is 15.5 Å². The predicted molar refractivity (Wildman–Crippen MR) is 81.4 cm³/mol. The first kappa shape index (κ1) is 16.0. The summed E-state index contributed by atoms with van der Waals surface area (Å²) in [6.07, 6.45) is 0.934. The highest BCUT2D eigenvalue weighted by Gasteiger charge is 2.07. The molecule has 22 heavy (non-hydrogen) atoms. The van der Waals surface area contributed by atoms with E-state index in [0.29, 0.717) is 31.1 Å². The highest BCUT2D eigenvalue weighted by atomic mass is 16.5. The second-order valence-electron chi connectivity index (χ2n) is 5.32. The molecule has 0 fully saturated rings. The summed E-state index contributed by atoms with van der Waals surface area (Å²) in [5.74, 6) is 1.86. The SMILES string of the molecule is Cc1noc(CCC(=O)NCc2ccc(OC(C)C)cc2)n1. The molecule has 2 rings (SSSR count). The van der Waals surface area contributed by atoms with Gasteiger partial charge < -0.3 is 14.6 Å². The minimum Gasteiger partial charge on any atom is -0.491 e. The number of nitrogens with zero attached hydrogens (tertiary/aromatic N) is 2. The lowest BCUT2D eigenvalue weighted by atomic mass is 10.2. The standard InChI is InChI=1S/C16H21N3O3/c1-11(2)21-14-6-4-13(5-7-14)10-17-15(20)8-9-16-18-12(3)19-22-16/h4-7,11H,8-10H2,1-3H3,(H,17,20). The average Bonchev–Trinajstić information content (AvgIpc) is 2.89. The molecule has 6 nitrogen and oxygen atoms in total. The van der Waals surface area contributed by atoms with Gasteiger partial charge in [-0.15, -0.1) is 0 Å². The first-order chi connectivity index (χ1) is 10.5. The molecule has 6 heteroatoms. The number of hydrogen-bond donors (Lipinski definition) is 1. The first-order valence-corrected chi connectivity index (χ1v) is 7.34. The van der Waals surface area contributed by atoms with Gasteiger partial charge >= 0.3 is 0 Å². The van der Waals surface area contributed by atoms with Gasteiger partial charge in [-0.1, -0.05) is 17.3 Å². The summed E-state index contributed by atoms with van der Waals surface area (Å²) in [5.41, 5.74) is 1.03. The van der Waals surface area contributed by atoms with Gasteiger partial charge in [-0.05, 0) is 38.5 Å². The number of rotatable bonds is 7. The first-order valence-electron chi connectivity index (χ1n) is 7.34. The van der Waals surface area contributed by atoms with Crippen molar-refractivity contribution in [1.82, 2.24) is 15.5 Å². The minimum atomic E-state index is -0.0432. The second-order valence-corrected chi connectivity index (χ2v) is 5.32. The minimum absolute atomic E-state index is 0.0432. The molecule has 0 spiro atoms. The topological polar surface area (TPSA) is 77.2 Å². The van der Waals surface area contributed by atoms with Gasteiger partial charge in [0, 0.05) is 19.4 Å². The number of amides is 1. The van der Waals surface area contributed by atoms with Crippen LogP contribution in [-0.4, -0.2) is 22.2 Å². The average molecular weight is 303 g/mol. The number of aryl methyl sites for hydroxylation is 2. The molecule has 1 amide bonds. The molecule has 118 valence electrons. The van der Waals surface area contributed by atoms with Crippen LogP contribution in [0.1, 0.15) is 37.5 Å². The van der Waals surface area contributed by atoms with Crippen molar-refractivity contribution in [2.45, 2.75) is 46.3 Å². The third-order valence-electron chi connectivity index (χ3n) is 2.92. The molecule has 1 aromatic heterocycles. The van der Waals surface area contributed by atoms with Gasteiger partial charge in [0.15, 0.2) is 5.82 Å². The van der Waals surface area contributed by atoms with Crippen molar-refractivity contribution in [2.24, 2.45) is 0 Å². The van der Waals surface area contributed by atoms with E-state index in [1.54, 1.807) is 6.92 Å². The lowest BCUT2D eigenvalue weighted by Gasteiger charge is -2.10. The Bertz CT molecular complexity index is 605. The Hall–Kier alpha value is -2.37. The van der Waals surface area contributed by atoms with E-state index >= 15 is 0 Å². The molecule has 0 saturated heterocycles. The van der Waals surface area contributed by atoms with Crippen molar-refractivity contribution in [2.75, 3.05) is 0 Å². The summed E-state index contributed by atoms with van der Waals surface area (Å²) in [4.78, 5) is 15.8. The lowest BCUT2D eigenvalue weighted by Crippen LogP contribution is -2.23. The van der Waals surface area contributed by atoms with E-state index in [1.807, 2.05) is 38.1 Å². The maximum absolute atomic E-state index is 11.8. The largest absolute Gasteiger partial charge is 0.491 e. The Morgan fingerprint density at radius 3 is 2.64 bits per heavy atom. The number of benzene rings is 1. The fourth-order valence-electron chi connectivity index (χ4n) is 1.91. The molecular formula is C16H21N3O3. The summed E-state index contributed by atoms with van der Waals surface area (Å²) in [7, 11) is 0. The van der Waals surface area contributed by atoms with Gasteiger partial charge in [-0.2, -0.15) is 4.98 Å². The molecule has 0 unspecified atom stereocenters. The van der Waals surface area contributed by atoms with E-state index in [-0.39, 0.29) is 12.0 Å². The Balaban J connectivity index is 1.73. The third kappa shape index (κ3) is 5.20. The fraction of sp³-hybridized carbons (Fsp3) is 0.438. The van der Waals surface area contributed by atoms with Gasteiger partial charge in [-0.25, -0.2) is 0 Å². The summed E-state index contributed by atoms with van der Waals surface area (Å²) < 4.78 is 10.5. The number of carbonyl (C=O) groups excluding carboxylic acids is 1. The van der Waals surface area contributed by atoms with Crippen LogP contribution in [0.15, 0.2) is 28.8 Å². The van der Waals surface area contributed by atoms with Crippen LogP contribution in [0.4, 0.5) is 0 Å². The zero-order valence-electron chi connectivity index (χ0n) is 13.1. The highest BCUT2D eigenvalue weighted by Crippen LogP contribution is 2.13. The van der Waals surface area contributed by atoms with E-state index in [4.69, 9.17) is 9.26 Å². The molecule has 1 aromatic carbocycles. The third-order valence-corrected chi connectivity index (χ3v) is 2.92. The van der Waals surface area contributed by atoms with Crippen LogP contribution in [0.25, 0.3) is 0 Å². The van der Waals surface area contributed by atoms with E-state index in [9.17, 15) is 4.79 Å². The van der Waals surface area contributed by atoms with Gasteiger partial charge in [-0.3, -0.25) is 4.79 Å². The normalized spacial score (nSPS) is 10.7. The van der Waals surface area contributed by atoms with Crippen LogP contribution in [-0.2, 0) is 17.8 Å². The van der Waals surface area contributed by atoms with Crippen molar-refractivity contribution in [3.8, 4) is 5.75 Å². The van der Waals surface area contributed by atoms with Crippen LogP contribution in [0.3, 0.4) is 0 Å². The van der Waals surface area contributed by atoms with Crippen LogP contribution in [0.5, 0.6) is 5.75 Å². The molecule has 0 aliphatic carbocycles. The van der Waals surface area contributed by atoms with Crippen molar-refractivity contribution in [3.05, 3.63) is 41.5 Å². The summed E-state index contributed by atoms with van der Waals surface area (Å²) in [5, 5.41) is 6.55. The summed E-state index contributed by atoms with van der Waals surface area (Å²) in [6, 6.07) is 7.70. The van der Waals surface area contributed by atoms with Crippen LogP contribution >= 0.6 is 0 Å². The molecule has 0 aliphatic rings. The zero-order chi connectivity index (χ0) is 15.9. The number of hydrogen-bond acceptors (Lipinski definition) is 5. The van der Waals surface area contributed by atoms with E-state index in [0.717, 1.165) is 11.3 Å². The highest BCUT2D eigenvalue weighted by molar-refractivity contribution is 5.76. The second kappa shape index (κ2) is 7.59. The smallest absolute Gasteiger partial charge is 0.227 e. The maximum atomic E-state index is 11.8. The molecule has 0 radical (unpaired) electrons. The van der Waals surface area contributed by atoms with Crippen molar-refractivity contribution < 1.29 is 14.1 Å². The van der Waals surface area contributed by atoms with Gasteiger partial charge in [0.05, 0.1) is 6.10 Å². The molecule has 0 bridgehead atoms. The monoisotopic (exact) mass is 303 g/mol. The number of carbonyl (C=O) groups is 1. The van der Waals surface area contributed by atoms with Crippen molar-refractivity contribution >= 4 is 5.91 Å². The quantitative estimate of drug-likeness (QED) is 0.850.